The molecule has 0 aromatic rings. The summed E-state index contributed by atoms with van der Waals surface area (Å²) < 4.78 is 0. The second-order valence-corrected chi connectivity index (χ2v) is 2.63. The van der Waals surface area contributed by atoms with Crippen LogP contribution >= 0.6 is 0 Å². The van der Waals surface area contributed by atoms with Crippen molar-refractivity contribution in [2.45, 2.75) is 13.8 Å². The zero-order valence-electron chi connectivity index (χ0n) is 7.09. The first kappa shape index (κ1) is 10.5. The number of hydrogen-bond donors (Lipinski definition) is 4. The van der Waals surface area contributed by atoms with Gasteiger partial charge in [0.1, 0.15) is 5.84 Å². The fourth-order valence-electron chi connectivity index (χ4n) is 0.483. The van der Waals surface area contributed by atoms with Gasteiger partial charge in [0.2, 0.25) is 0 Å². The molecule has 0 spiro atoms. The highest BCUT2D eigenvalue weighted by Crippen LogP contribution is 2.03. The molecule has 5 heteroatoms. The minimum atomic E-state index is -0.812. The summed E-state index contributed by atoms with van der Waals surface area (Å²) in [6.45, 7) is 3.53. The summed E-state index contributed by atoms with van der Waals surface area (Å²) in [7, 11) is 0. The van der Waals surface area contributed by atoms with E-state index in [2.05, 4.69) is 0 Å². The van der Waals surface area contributed by atoms with E-state index in [1.807, 2.05) is 5.32 Å². The van der Waals surface area contributed by atoms with E-state index in [4.69, 9.17) is 16.2 Å². The van der Waals surface area contributed by atoms with E-state index >= 15 is 0 Å². The lowest BCUT2D eigenvalue weighted by Crippen LogP contribution is -2.33. The van der Waals surface area contributed by atoms with Crippen LogP contribution in [0.15, 0.2) is 11.8 Å². The van der Waals surface area contributed by atoms with E-state index in [1.54, 1.807) is 13.8 Å². The highest BCUT2D eigenvalue weighted by molar-refractivity contribution is 6.01. The molecule has 0 aromatic heterocycles. The predicted molar refractivity (Wildman–Crippen MR) is 46.0 cm³/mol. The first-order valence-electron chi connectivity index (χ1n) is 3.49. The van der Waals surface area contributed by atoms with Gasteiger partial charge in [0, 0.05) is 12.0 Å². The Hall–Kier alpha value is -1.52. The van der Waals surface area contributed by atoms with Crippen LogP contribution in [-0.4, -0.2) is 17.0 Å². The van der Waals surface area contributed by atoms with Crippen LogP contribution < -0.4 is 11.1 Å². The monoisotopic (exact) mass is 171 g/mol. The number of urea groups is 1. The molecular weight excluding hydrogens is 158 g/mol. The minimum absolute atomic E-state index is 0.0359. The maximum Gasteiger partial charge on any atom is 0.317 e. The number of carbonyl (C=O) groups excluding carboxylic acids is 1. The van der Waals surface area contributed by atoms with Gasteiger partial charge < -0.3 is 10.8 Å². The standard InChI is InChI=1S/C7H13N3O2/c1-4(2)5(11)3-6(8)10-7(9)12/h3-4,11H,1-2H3,(H4,8,9,10,12)/b5-3-. The quantitative estimate of drug-likeness (QED) is 0.280. The molecule has 0 heterocycles. The first-order chi connectivity index (χ1) is 5.43. The van der Waals surface area contributed by atoms with Crippen molar-refractivity contribution in [1.82, 2.24) is 5.32 Å². The molecular formula is C7H13N3O2. The van der Waals surface area contributed by atoms with Crippen molar-refractivity contribution in [3.05, 3.63) is 11.8 Å². The molecule has 12 heavy (non-hydrogen) atoms. The van der Waals surface area contributed by atoms with Crippen molar-refractivity contribution in [1.29, 1.82) is 5.41 Å². The van der Waals surface area contributed by atoms with E-state index < -0.39 is 6.03 Å². The Balaban J connectivity index is 4.15. The molecule has 68 valence electrons. The topological polar surface area (TPSA) is 99.2 Å². The number of allylic oxidation sites excluding steroid dienone is 1. The van der Waals surface area contributed by atoms with Gasteiger partial charge in [-0.05, 0) is 0 Å². The van der Waals surface area contributed by atoms with Crippen LogP contribution in [-0.2, 0) is 0 Å². The lowest BCUT2D eigenvalue weighted by molar-refractivity contribution is 0.253. The van der Waals surface area contributed by atoms with E-state index in [0.29, 0.717) is 0 Å². The average molecular weight is 171 g/mol. The number of amides is 2. The lowest BCUT2D eigenvalue weighted by Gasteiger charge is -2.03. The average Bonchev–Trinajstić information content (AvgIpc) is 1.84. The minimum Gasteiger partial charge on any atom is -0.512 e. The molecule has 0 radical (unpaired) electrons. The van der Waals surface area contributed by atoms with Gasteiger partial charge in [0.05, 0.1) is 5.76 Å². The fraction of sp³-hybridized carbons (Fsp3) is 0.429. The van der Waals surface area contributed by atoms with Crippen LogP contribution in [0.1, 0.15) is 13.8 Å². The third-order valence-electron chi connectivity index (χ3n) is 1.14. The van der Waals surface area contributed by atoms with Crippen molar-refractivity contribution in [2.75, 3.05) is 0 Å². The number of aliphatic hydroxyl groups is 1. The largest absolute Gasteiger partial charge is 0.512 e. The number of hydrogen-bond acceptors (Lipinski definition) is 3. The number of amidine groups is 1. The summed E-state index contributed by atoms with van der Waals surface area (Å²) in [5.41, 5.74) is 4.74. The summed E-state index contributed by atoms with van der Waals surface area (Å²) >= 11 is 0. The summed E-state index contributed by atoms with van der Waals surface area (Å²) in [4.78, 5) is 10.2. The van der Waals surface area contributed by atoms with Gasteiger partial charge in [-0.1, -0.05) is 13.8 Å². The molecule has 0 bridgehead atoms. The van der Waals surface area contributed by atoms with Crippen LogP contribution in [0.2, 0.25) is 0 Å². The maximum atomic E-state index is 10.2. The smallest absolute Gasteiger partial charge is 0.317 e. The number of aliphatic hydroxyl groups excluding tert-OH is 1. The first-order valence-corrected chi connectivity index (χ1v) is 3.49. The van der Waals surface area contributed by atoms with Gasteiger partial charge in [0.15, 0.2) is 0 Å². The highest BCUT2D eigenvalue weighted by Gasteiger charge is 2.02. The van der Waals surface area contributed by atoms with Gasteiger partial charge in [-0.15, -0.1) is 0 Å². The Morgan fingerprint density at radius 1 is 1.67 bits per heavy atom. The van der Waals surface area contributed by atoms with E-state index in [-0.39, 0.29) is 17.5 Å². The molecule has 0 fully saturated rings. The SMILES string of the molecule is CC(C)/C(O)=C/C(=N)NC(N)=O. The van der Waals surface area contributed by atoms with Crippen molar-refractivity contribution >= 4 is 11.9 Å². The summed E-state index contributed by atoms with van der Waals surface area (Å²) in [5.74, 6) is -0.248. The Kier molecular flexibility index (Phi) is 3.82. The highest BCUT2D eigenvalue weighted by atomic mass is 16.3. The molecule has 0 rings (SSSR count). The maximum absolute atomic E-state index is 10.2. The molecule has 5 nitrogen and oxygen atoms in total. The number of nitrogens with two attached hydrogens (primary N) is 1. The number of primary amides is 1. The van der Waals surface area contributed by atoms with Crippen LogP contribution in [0.25, 0.3) is 0 Å². The lowest BCUT2D eigenvalue weighted by atomic mass is 10.1. The Morgan fingerprint density at radius 3 is 2.50 bits per heavy atom. The van der Waals surface area contributed by atoms with Crippen LogP contribution in [0.3, 0.4) is 0 Å². The van der Waals surface area contributed by atoms with Gasteiger partial charge in [-0.2, -0.15) is 0 Å². The van der Waals surface area contributed by atoms with Gasteiger partial charge >= 0.3 is 6.03 Å². The molecule has 0 atom stereocenters. The van der Waals surface area contributed by atoms with Gasteiger partial charge in [-0.25, -0.2) is 4.79 Å². The third-order valence-corrected chi connectivity index (χ3v) is 1.14. The van der Waals surface area contributed by atoms with Gasteiger partial charge in [-0.3, -0.25) is 10.7 Å². The number of rotatable bonds is 2. The van der Waals surface area contributed by atoms with E-state index in [9.17, 15) is 4.79 Å². The molecule has 0 aliphatic rings. The third kappa shape index (κ3) is 4.32. The van der Waals surface area contributed by atoms with E-state index in [1.165, 1.54) is 0 Å². The Labute approximate surface area is 70.8 Å². The number of carbonyl (C=O) groups is 1. The van der Waals surface area contributed by atoms with Crippen LogP contribution in [0.5, 0.6) is 0 Å². The van der Waals surface area contributed by atoms with Crippen molar-refractivity contribution in [3.8, 4) is 0 Å². The van der Waals surface area contributed by atoms with Gasteiger partial charge in [0.25, 0.3) is 0 Å². The summed E-state index contributed by atoms with van der Waals surface area (Å²) in [6, 6.07) is -0.812. The van der Waals surface area contributed by atoms with Crippen molar-refractivity contribution < 1.29 is 9.90 Å². The molecule has 0 saturated heterocycles. The zero-order valence-corrected chi connectivity index (χ0v) is 7.09. The van der Waals surface area contributed by atoms with Crippen LogP contribution in [0, 0.1) is 11.3 Å². The summed E-state index contributed by atoms with van der Waals surface area (Å²) in [6.07, 6.45) is 1.15. The van der Waals surface area contributed by atoms with Crippen molar-refractivity contribution in [3.63, 3.8) is 0 Å². The molecule has 2 amide bonds. The molecule has 0 aliphatic carbocycles. The molecule has 0 aromatic carbocycles. The van der Waals surface area contributed by atoms with Crippen LogP contribution in [0.4, 0.5) is 4.79 Å². The number of nitrogens with one attached hydrogen (secondary N) is 2. The predicted octanol–water partition coefficient (Wildman–Crippen LogP) is 0.730. The molecule has 0 saturated carbocycles. The Bertz CT molecular complexity index is 221. The fourth-order valence-corrected chi connectivity index (χ4v) is 0.483. The zero-order chi connectivity index (χ0) is 9.72. The molecule has 0 aliphatic heterocycles. The normalized spacial score (nSPS) is 11.4. The second kappa shape index (κ2) is 4.38. The Morgan fingerprint density at radius 2 is 2.17 bits per heavy atom. The molecule has 0 unspecified atom stereocenters. The molecule has 5 N–H and O–H groups in total. The second-order valence-electron chi connectivity index (χ2n) is 2.63. The summed E-state index contributed by atoms with van der Waals surface area (Å²) in [5, 5.41) is 18.2. The van der Waals surface area contributed by atoms with Crippen molar-refractivity contribution in [2.24, 2.45) is 11.7 Å². The van der Waals surface area contributed by atoms with E-state index in [0.717, 1.165) is 6.08 Å².